The molecule has 1 saturated carbocycles. The molecule has 0 aromatic rings. The summed E-state index contributed by atoms with van der Waals surface area (Å²) in [6, 6.07) is 0.307. The molecular formula is C7H13F3N2. The van der Waals surface area contributed by atoms with Crippen LogP contribution in [-0.2, 0) is 0 Å². The molecule has 0 spiro atoms. The van der Waals surface area contributed by atoms with Gasteiger partial charge in [0.05, 0.1) is 5.92 Å². The molecule has 0 aromatic heterocycles. The van der Waals surface area contributed by atoms with Gasteiger partial charge in [-0.05, 0) is 12.8 Å². The van der Waals surface area contributed by atoms with Crippen LogP contribution in [0.3, 0.4) is 0 Å². The SMILES string of the molecule is NCC(CNC1CC1)C(F)(F)F. The van der Waals surface area contributed by atoms with Gasteiger partial charge in [0.1, 0.15) is 0 Å². The first kappa shape index (κ1) is 9.80. The van der Waals surface area contributed by atoms with Crippen molar-refractivity contribution >= 4 is 0 Å². The van der Waals surface area contributed by atoms with Gasteiger partial charge in [-0.1, -0.05) is 0 Å². The van der Waals surface area contributed by atoms with E-state index in [2.05, 4.69) is 5.32 Å². The van der Waals surface area contributed by atoms with E-state index in [-0.39, 0.29) is 13.1 Å². The van der Waals surface area contributed by atoms with E-state index >= 15 is 0 Å². The zero-order chi connectivity index (χ0) is 9.19. The van der Waals surface area contributed by atoms with Gasteiger partial charge in [0, 0.05) is 19.1 Å². The average Bonchev–Trinajstić information content (AvgIpc) is 2.69. The summed E-state index contributed by atoms with van der Waals surface area (Å²) in [5.41, 5.74) is 5.01. The van der Waals surface area contributed by atoms with Gasteiger partial charge in [0.25, 0.3) is 0 Å². The van der Waals surface area contributed by atoms with Gasteiger partial charge in [0.15, 0.2) is 0 Å². The second-order valence-electron chi connectivity index (χ2n) is 3.16. The summed E-state index contributed by atoms with van der Waals surface area (Å²) in [5.74, 6) is -1.39. The fraction of sp³-hybridized carbons (Fsp3) is 1.00. The Hall–Kier alpha value is -0.290. The van der Waals surface area contributed by atoms with E-state index in [0.717, 1.165) is 12.8 Å². The third-order valence-corrected chi connectivity index (χ3v) is 1.98. The monoisotopic (exact) mass is 182 g/mol. The minimum atomic E-state index is -4.16. The smallest absolute Gasteiger partial charge is 0.330 e. The highest BCUT2D eigenvalue weighted by atomic mass is 19.4. The van der Waals surface area contributed by atoms with Crippen molar-refractivity contribution in [1.29, 1.82) is 0 Å². The molecule has 1 fully saturated rings. The number of alkyl halides is 3. The quantitative estimate of drug-likeness (QED) is 0.677. The van der Waals surface area contributed by atoms with Crippen LogP contribution in [-0.4, -0.2) is 25.3 Å². The van der Waals surface area contributed by atoms with Crippen LogP contribution in [0.1, 0.15) is 12.8 Å². The first-order chi connectivity index (χ1) is 5.54. The predicted octanol–water partition coefficient (Wildman–Crippen LogP) is 0.876. The summed E-state index contributed by atoms with van der Waals surface area (Å²) in [4.78, 5) is 0. The van der Waals surface area contributed by atoms with Crippen LogP contribution >= 0.6 is 0 Å². The van der Waals surface area contributed by atoms with E-state index < -0.39 is 12.1 Å². The van der Waals surface area contributed by atoms with Gasteiger partial charge in [-0.25, -0.2) is 0 Å². The highest BCUT2D eigenvalue weighted by Crippen LogP contribution is 2.26. The van der Waals surface area contributed by atoms with Gasteiger partial charge in [0.2, 0.25) is 0 Å². The summed E-state index contributed by atoms with van der Waals surface area (Å²) >= 11 is 0. The van der Waals surface area contributed by atoms with Crippen LogP contribution in [0.25, 0.3) is 0 Å². The van der Waals surface area contributed by atoms with E-state index in [9.17, 15) is 13.2 Å². The summed E-state index contributed by atoms with van der Waals surface area (Å²) < 4.78 is 36.2. The molecule has 0 aromatic carbocycles. The number of hydrogen-bond donors (Lipinski definition) is 2. The molecule has 5 heteroatoms. The van der Waals surface area contributed by atoms with Gasteiger partial charge >= 0.3 is 6.18 Å². The summed E-state index contributed by atoms with van der Waals surface area (Å²) in [6.07, 6.45) is -2.17. The third kappa shape index (κ3) is 2.98. The second-order valence-corrected chi connectivity index (χ2v) is 3.16. The Kier molecular flexibility index (Phi) is 2.95. The summed E-state index contributed by atoms with van der Waals surface area (Å²) in [7, 11) is 0. The standard InChI is InChI=1S/C7H13F3N2/c8-7(9,10)5(3-11)4-12-6-1-2-6/h5-6,12H,1-4,11H2. The molecule has 0 bridgehead atoms. The number of rotatable bonds is 4. The van der Waals surface area contributed by atoms with E-state index in [1.54, 1.807) is 0 Å². The molecule has 12 heavy (non-hydrogen) atoms. The van der Waals surface area contributed by atoms with Gasteiger partial charge in [-0.15, -0.1) is 0 Å². The topological polar surface area (TPSA) is 38.0 Å². The Morgan fingerprint density at radius 1 is 1.42 bits per heavy atom. The molecule has 2 nitrogen and oxygen atoms in total. The minimum Gasteiger partial charge on any atom is -0.330 e. The first-order valence-electron chi connectivity index (χ1n) is 4.04. The number of nitrogens with one attached hydrogen (secondary N) is 1. The molecular weight excluding hydrogens is 169 g/mol. The molecule has 3 N–H and O–H groups in total. The van der Waals surface area contributed by atoms with Crippen LogP contribution in [0.5, 0.6) is 0 Å². The molecule has 1 atom stereocenters. The van der Waals surface area contributed by atoms with Gasteiger partial charge in [-0.2, -0.15) is 13.2 Å². The van der Waals surface area contributed by atoms with Gasteiger partial charge < -0.3 is 11.1 Å². The van der Waals surface area contributed by atoms with Crippen LogP contribution in [0, 0.1) is 5.92 Å². The van der Waals surface area contributed by atoms with Crippen molar-refractivity contribution in [2.24, 2.45) is 11.7 Å². The van der Waals surface area contributed by atoms with E-state index in [1.165, 1.54) is 0 Å². The van der Waals surface area contributed by atoms with Crippen molar-refractivity contribution in [3.05, 3.63) is 0 Å². The summed E-state index contributed by atoms with van der Waals surface area (Å²) in [5, 5.41) is 2.81. The average molecular weight is 182 g/mol. The maximum Gasteiger partial charge on any atom is 0.394 e. The maximum atomic E-state index is 12.1. The van der Waals surface area contributed by atoms with Crippen LogP contribution < -0.4 is 11.1 Å². The predicted molar refractivity (Wildman–Crippen MR) is 39.6 cm³/mol. The number of hydrogen-bond acceptors (Lipinski definition) is 2. The summed E-state index contributed by atoms with van der Waals surface area (Å²) in [6.45, 7) is -0.367. The highest BCUT2D eigenvalue weighted by molar-refractivity contribution is 4.83. The Morgan fingerprint density at radius 2 is 2.00 bits per heavy atom. The molecule has 1 rings (SSSR count). The lowest BCUT2D eigenvalue weighted by molar-refractivity contribution is -0.170. The lowest BCUT2D eigenvalue weighted by Gasteiger charge is -2.18. The largest absolute Gasteiger partial charge is 0.394 e. The normalized spacial score (nSPS) is 21.0. The first-order valence-corrected chi connectivity index (χ1v) is 4.04. The van der Waals surface area contributed by atoms with Crippen molar-refractivity contribution in [3.8, 4) is 0 Å². The fourth-order valence-corrected chi connectivity index (χ4v) is 0.929. The molecule has 0 aliphatic heterocycles. The van der Waals surface area contributed by atoms with Crippen molar-refractivity contribution in [3.63, 3.8) is 0 Å². The molecule has 1 unspecified atom stereocenters. The molecule has 0 radical (unpaired) electrons. The lowest BCUT2D eigenvalue weighted by atomic mass is 10.1. The highest BCUT2D eigenvalue weighted by Gasteiger charge is 2.39. The Balaban J connectivity index is 2.23. The zero-order valence-corrected chi connectivity index (χ0v) is 6.69. The molecule has 1 aliphatic rings. The van der Waals surface area contributed by atoms with E-state index in [0.29, 0.717) is 6.04 Å². The van der Waals surface area contributed by atoms with Crippen molar-refractivity contribution in [2.75, 3.05) is 13.1 Å². The Labute approximate surface area is 69.3 Å². The molecule has 1 aliphatic carbocycles. The fourth-order valence-electron chi connectivity index (χ4n) is 0.929. The Bertz CT molecular complexity index is 142. The maximum absolute atomic E-state index is 12.1. The van der Waals surface area contributed by atoms with Crippen LogP contribution in [0.15, 0.2) is 0 Å². The van der Waals surface area contributed by atoms with E-state index in [4.69, 9.17) is 5.73 Å². The van der Waals surface area contributed by atoms with Crippen molar-refractivity contribution in [2.45, 2.75) is 25.1 Å². The van der Waals surface area contributed by atoms with Crippen LogP contribution in [0.2, 0.25) is 0 Å². The molecule has 0 heterocycles. The molecule has 0 amide bonds. The zero-order valence-electron chi connectivity index (χ0n) is 6.69. The molecule has 72 valence electrons. The number of halogens is 3. The van der Waals surface area contributed by atoms with Crippen molar-refractivity contribution < 1.29 is 13.2 Å². The molecule has 0 saturated heterocycles. The minimum absolute atomic E-state index is 0.0370. The lowest BCUT2D eigenvalue weighted by Crippen LogP contribution is -2.39. The Morgan fingerprint density at radius 3 is 2.33 bits per heavy atom. The van der Waals surface area contributed by atoms with Gasteiger partial charge in [-0.3, -0.25) is 0 Å². The van der Waals surface area contributed by atoms with E-state index in [1.807, 2.05) is 0 Å². The van der Waals surface area contributed by atoms with Crippen molar-refractivity contribution in [1.82, 2.24) is 5.32 Å². The third-order valence-electron chi connectivity index (χ3n) is 1.98. The number of nitrogens with two attached hydrogens (primary N) is 1. The van der Waals surface area contributed by atoms with Crippen LogP contribution in [0.4, 0.5) is 13.2 Å². The second kappa shape index (κ2) is 3.62.